The van der Waals surface area contributed by atoms with Gasteiger partial charge in [-0.2, -0.15) is 0 Å². The quantitative estimate of drug-likeness (QED) is 0.410. The summed E-state index contributed by atoms with van der Waals surface area (Å²) in [4.78, 5) is 11.5. The number of aliphatic hydroxyl groups is 1. The van der Waals surface area contributed by atoms with E-state index in [1.54, 1.807) is 0 Å². The Morgan fingerprint density at radius 1 is 0.960 bits per heavy atom. The fourth-order valence-corrected chi connectivity index (χ4v) is 2.55. The number of hydrogen-bond donors (Lipinski definition) is 1. The van der Waals surface area contributed by atoms with Crippen LogP contribution < -0.4 is 0 Å². The number of benzene rings is 2. The van der Waals surface area contributed by atoms with Crippen LogP contribution in [0.4, 0.5) is 0 Å². The number of hydrogen-bond acceptors (Lipinski definition) is 3. The minimum Gasteiger partial charge on any atom is -0.457 e. The molecular weight excluding hydrogens is 312 g/mol. The summed E-state index contributed by atoms with van der Waals surface area (Å²) in [5.41, 5.74) is 4.66. The summed E-state index contributed by atoms with van der Waals surface area (Å²) < 4.78 is 5.09. The standard InChI is InChI=1S/C22H26O3/c1-3-4-5-6-18-7-11-20(12-8-18)21-13-9-19(10-14-21)16-25-22(24)17(2)15-23/h7-14,23H,2-6,15-16H2,1H3. The molecule has 0 fully saturated rings. The topological polar surface area (TPSA) is 46.5 Å². The molecule has 0 saturated heterocycles. The van der Waals surface area contributed by atoms with Crippen molar-refractivity contribution < 1.29 is 14.6 Å². The van der Waals surface area contributed by atoms with E-state index in [0.29, 0.717) is 0 Å². The number of ether oxygens (including phenoxy) is 1. The minimum absolute atomic E-state index is 0.0654. The Labute approximate surface area is 150 Å². The van der Waals surface area contributed by atoms with E-state index < -0.39 is 5.97 Å². The SMILES string of the molecule is C=C(CO)C(=O)OCc1ccc(-c2ccc(CCCCC)cc2)cc1. The third-order valence-corrected chi connectivity index (χ3v) is 4.16. The lowest BCUT2D eigenvalue weighted by Crippen LogP contribution is -2.09. The fourth-order valence-electron chi connectivity index (χ4n) is 2.55. The van der Waals surface area contributed by atoms with Crippen LogP contribution in [0.2, 0.25) is 0 Å². The molecule has 0 atom stereocenters. The normalized spacial score (nSPS) is 10.5. The second-order valence-corrected chi connectivity index (χ2v) is 6.19. The van der Waals surface area contributed by atoms with Crippen molar-refractivity contribution in [3.05, 3.63) is 71.8 Å². The third kappa shape index (κ3) is 5.87. The number of aliphatic hydroxyl groups excluding tert-OH is 1. The average molecular weight is 338 g/mol. The van der Waals surface area contributed by atoms with Gasteiger partial charge in [0.15, 0.2) is 0 Å². The molecule has 0 bridgehead atoms. The van der Waals surface area contributed by atoms with Crippen LogP contribution in [-0.2, 0) is 22.6 Å². The van der Waals surface area contributed by atoms with Crippen molar-refractivity contribution in [1.29, 1.82) is 0 Å². The molecule has 0 aliphatic carbocycles. The number of unbranched alkanes of at least 4 members (excludes halogenated alkanes) is 2. The van der Waals surface area contributed by atoms with Crippen LogP contribution in [0.25, 0.3) is 11.1 Å². The maximum Gasteiger partial charge on any atom is 0.336 e. The first-order chi connectivity index (χ1) is 12.1. The number of carbonyl (C=O) groups is 1. The molecule has 0 saturated carbocycles. The van der Waals surface area contributed by atoms with E-state index in [-0.39, 0.29) is 18.8 Å². The molecular formula is C22H26O3. The highest BCUT2D eigenvalue weighted by molar-refractivity contribution is 5.87. The molecule has 3 heteroatoms. The van der Waals surface area contributed by atoms with E-state index >= 15 is 0 Å². The maximum atomic E-state index is 11.5. The van der Waals surface area contributed by atoms with Gasteiger partial charge in [-0.15, -0.1) is 0 Å². The average Bonchev–Trinajstić information content (AvgIpc) is 2.66. The van der Waals surface area contributed by atoms with Crippen LogP contribution in [0.3, 0.4) is 0 Å². The monoisotopic (exact) mass is 338 g/mol. The number of aryl methyl sites for hydroxylation is 1. The van der Waals surface area contributed by atoms with Gasteiger partial charge in [-0.1, -0.05) is 74.9 Å². The molecule has 3 nitrogen and oxygen atoms in total. The van der Waals surface area contributed by atoms with Crippen LogP contribution in [0.1, 0.15) is 37.3 Å². The molecule has 0 spiro atoms. The second-order valence-electron chi connectivity index (χ2n) is 6.19. The summed E-state index contributed by atoms with van der Waals surface area (Å²) in [6.45, 7) is 5.46. The van der Waals surface area contributed by atoms with Crippen molar-refractivity contribution >= 4 is 5.97 Å². The van der Waals surface area contributed by atoms with Crippen LogP contribution >= 0.6 is 0 Å². The lowest BCUT2D eigenvalue weighted by atomic mass is 10.0. The first-order valence-electron chi connectivity index (χ1n) is 8.78. The van der Waals surface area contributed by atoms with Crippen molar-refractivity contribution in [3.8, 4) is 11.1 Å². The predicted molar refractivity (Wildman–Crippen MR) is 101 cm³/mol. The zero-order chi connectivity index (χ0) is 18.1. The Bertz CT molecular complexity index is 684. The Balaban J connectivity index is 1.93. The van der Waals surface area contributed by atoms with E-state index in [1.807, 2.05) is 24.3 Å². The summed E-state index contributed by atoms with van der Waals surface area (Å²) in [5, 5.41) is 8.84. The van der Waals surface area contributed by atoms with Gasteiger partial charge >= 0.3 is 5.97 Å². The molecule has 2 aromatic carbocycles. The van der Waals surface area contributed by atoms with Crippen molar-refractivity contribution in [2.45, 2.75) is 39.2 Å². The molecule has 0 radical (unpaired) electrons. The van der Waals surface area contributed by atoms with E-state index in [1.165, 1.54) is 30.4 Å². The van der Waals surface area contributed by atoms with Gasteiger partial charge in [0.25, 0.3) is 0 Å². The maximum absolute atomic E-state index is 11.5. The minimum atomic E-state index is -0.565. The van der Waals surface area contributed by atoms with Gasteiger partial charge in [0.05, 0.1) is 12.2 Å². The van der Waals surface area contributed by atoms with Crippen LogP contribution in [0.5, 0.6) is 0 Å². The number of carbonyl (C=O) groups excluding carboxylic acids is 1. The van der Waals surface area contributed by atoms with Crippen LogP contribution in [0, 0.1) is 0 Å². The molecule has 1 N–H and O–H groups in total. The Hall–Kier alpha value is -2.39. The van der Waals surface area contributed by atoms with Gasteiger partial charge in [0.1, 0.15) is 6.61 Å². The number of rotatable bonds is 9. The predicted octanol–water partition coefficient (Wildman–Crippen LogP) is 4.68. The summed E-state index contributed by atoms with van der Waals surface area (Å²) >= 11 is 0. The molecule has 0 aromatic heterocycles. The highest BCUT2D eigenvalue weighted by atomic mass is 16.5. The Morgan fingerprint density at radius 3 is 2.04 bits per heavy atom. The van der Waals surface area contributed by atoms with E-state index in [0.717, 1.165) is 17.5 Å². The van der Waals surface area contributed by atoms with Gasteiger partial charge in [0, 0.05) is 0 Å². The molecule has 0 aliphatic heterocycles. The van der Waals surface area contributed by atoms with E-state index in [2.05, 4.69) is 37.8 Å². The number of esters is 1. The summed E-state index contributed by atoms with van der Waals surface area (Å²) in [7, 11) is 0. The highest BCUT2D eigenvalue weighted by Crippen LogP contribution is 2.21. The van der Waals surface area contributed by atoms with Crippen molar-refractivity contribution in [1.82, 2.24) is 0 Å². The summed E-state index contributed by atoms with van der Waals surface area (Å²) in [5.74, 6) is -0.565. The fraction of sp³-hybridized carbons (Fsp3) is 0.318. The van der Waals surface area contributed by atoms with Crippen LogP contribution in [0.15, 0.2) is 60.7 Å². The van der Waals surface area contributed by atoms with E-state index in [9.17, 15) is 4.79 Å². The summed E-state index contributed by atoms with van der Waals surface area (Å²) in [6.07, 6.45) is 4.90. The van der Waals surface area contributed by atoms with Gasteiger partial charge in [-0.05, 0) is 35.1 Å². The molecule has 0 heterocycles. The molecule has 0 aliphatic rings. The third-order valence-electron chi connectivity index (χ3n) is 4.16. The molecule has 132 valence electrons. The lowest BCUT2D eigenvalue weighted by Gasteiger charge is -2.08. The van der Waals surface area contributed by atoms with Crippen LogP contribution in [-0.4, -0.2) is 17.7 Å². The van der Waals surface area contributed by atoms with Gasteiger partial charge in [0.2, 0.25) is 0 Å². The van der Waals surface area contributed by atoms with Gasteiger partial charge < -0.3 is 9.84 Å². The van der Waals surface area contributed by atoms with Gasteiger partial charge in [-0.3, -0.25) is 0 Å². The first-order valence-corrected chi connectivity index (χ1v) is 8.78. The molecule has 2 aromatic rings. The van der Waals surface area contributed by atoms with Crippen molar-refractivity contribution in [3.63, 3.8) is 0 Å². The molecule has 0 amide bonds. The largest absolute Gasteiger partial charge is 0.457 e. The Morgan fingerprint density at radius 2 is 1.52 bits per heavy atom. The molecule has 0 unspecified atom stereocenters. The Kier molecular flexibility index (Phi) is 7.42. The van der Waals surface area contributed by atoms with Crippen molar-refractivity contribution in [2.24, 2.45) is 0 Å². The zero-order valence-electron chi connectivity index (χ0n) is 14.8. The zero-order valence-corrected chi connectivity index (χ0v) is 14.8. The molecule has 25 heavy (non-hydrogen) atoms. The molecule has 2 rings (SSSR count). The first kappa shape index (κ1) is 18.9. The summed E-state index contributed by atoms with van der Waals surface area (Å²) in [6, 6.07) is 16.6. The van der Waals surface area contributed by atoms with E-state index in [4.69, 9.17) is 9.84 Å². The highest BCUT2D eigenvalue weighted by Gasteiger charge is 2.07. The second kappa shape index (κ2) is 9.80. The smallest absolute Gasteiger partial charge is 0.336 e. The van der Waals surface area contributed by atoms with Gasteiger partial charge in [-0.25, -0.2) is 4.79 Å². The lowest BCUT2D eigenvalue weighted by molar-refractivity contribution is -0.140. The van der Waals surface area contributed by atoms with Crippen molar-refractivity contribution in [2.75, 3.05) is 6.61 Å².